The number of carbonyl (C=O) groups is 1. The van der Waals surface area contributed by atoms with Crippen LogP contribution in [0, 0.1) is 5.82 Å². The Morgan fingerprint density at radius 1 is 1.50 bits per heavy atom. The number of nitrogens with zero attached hydrogens (tertiary/aromatic N) is 1. The molecule has 4 nitrogen and oxygen atoms in total. The molecule has 3 N–H and O–H groups in total. The molecule has 0 radical (unpaired) electrons. The van der Waals surface area contributed by atoms with Crippen molar-refractivity contribution >= 4 is 50.7 Å². The van der Waals surface area contributed by atoms with E-state index in [1.54, 1.807) is 0 Å². The molecule has 1 aliphatic carbocycles. The van der Waals surface area contributed by atoms with Gasteiger partial charge in [-0.1, -0.05) is 0 Å². The Balaban J connectivity index is 0.00000176. The fourth-order valence-corrected chi connectivity index (χ4v) is 3.81. The first-order chi connectivity index (χ1) is 10.0. The summed E-state index contributed by atoms with van der Waals surface area (Å²) in [7, 11) is 0. The molecule has 0 bridgehead atoms. The van der Waals surface area contributed by atoms with Gasteiger partial charge in [-0.25, -0.2) is 9.37 Å². The second-order valence-corrected chi connectivity index (χ2v) is 6.91. The first kappa shape index (κ1) is 17.3. The van der Waals surface area contributed by atoms with Crippen LogP contribution in [-0.4, -0.2) is 16.9 Å². The molecular weight excluding hydrogens is 393 g/mol. The molecule has 3 rings (SSSR count). The number of rotatable bonds is 2. The summed E-state index contributed by atoms with van der Waals surface area (Å²) in [5, 5.41) is 3.27. The third kappa shape index (κ3) is 3.65. The summed E-state index contributed by atoms with van der Waals surface area (Å²) in [5.74, 6) is -0.829. The minimum Gasteiger partial charge on any atom is -0.327 e. The summed E-state index contributed by atoms with van der Waals surface area (Å²) in [6, 6.07) is 4.17. The lowest BCUT2D eigenvalue weighted by Crippen LogP contribution is -2.27. The van der Waals surface area contributed by atoms with Crippen molar-refractivity contribution in [2.75, 3.05) is 5.32 Å². The molecule has 1 aromatic heterocycles. The zero-order valence-electron chi connectivity index (χ0n) is 11.4. The first-order valence-corrected chi connectivity index (χ1v) is 8.14. The molecule has 2 aromatic rings. The number of amides is 1. The Labute approximate surface area is 145 Å². The van der Waals surface area contributed by atoms with Gasteiger partial charge in [0, 0.05) is 15.4 Å². The van der Waals surface area contributed by atoms with Gasteiger partial charge in [-0.2, -0.15) is 0 Å². The van der Waals surface area contributed by atoms with E-state index in [1.807, 2.05) is 0 Å². The maximum atomic E-state index is 13.2. The molecule has 0 unspecified atom stereocenters. The van der Waals surface area contributed by atoms with Crippen LogP contribution in [0.5, 0.6) is 0 Å². The number of hydrogen-bond acceptors (Lipinski definition) is 4. The number of nitrogens with two attached hydrogens (primary N) is 1. The van der Waals surface area contributed by atoms with Crippen LogP contribution in [0.1, 0.15) is 27.3 Å². The lowest BCUT2D eigenvalue weighted by molar-refractivity contribution is 0.102. The first-order valence-electron chi connectivity index (χ1n) is 6.53. The van der Waals surface area contributed by atoms with E-state index in [0.717, 1.165) is 29.8 Å². The number of halogens is 3. The molecular formula is C14H14BrClFN3OS. The summed E-state index contributed by atoms with van der Waals surface area (Å²) in [6.45, 7) is 0. The van der Waals surface area contributed by atoms with E-state index < -0.39 is 5.82 Å². The van der Waals surface area contributed by atoms with Crippen molar-refractivity contribution in [2.45, 2.75) is 25.3 Å². The number of anilines is 1. The Bertz CT molecular complexity index is 709. The molecule has 1 aliphatic rings. The van der Waals surface area contributed by atoms with Crippen molar-refractivity contribution in [1.29, 1.82) is 0 Å². The van der Waals surface area contributed by atoms with Crippen LogP contribution in [0.2, 0.25) is 0 Å². The molecule has 0 saturated carbocycles. The van der Waals surface area contributed by atoms with Crippen LogP contribution in [0.4, 0.5) is 9.52 Å². The fraction of sp³-hybridized carbons (Fsp3) is 0.286. The van der Waals surface area contributed by atoms with Gasteiger partial charge in [0.25, 0.3) is 5.91 Å². The quantitative estimate of drug-likeness (QED) is 0.801. The molecule has 8 heteroatoms. The minimum atomic E-state index is -0.451. The van der Waals surface area contributed by atoms with E-state index in [9.17, 15) is 9.18 Å². The topological polar surface area (TPSA) is 68.0 Å². The normalized spacial score (nSPS) is 16.6. The van der Waals surface area contributed by atoms with Crippen LogP contribution >= 0.6 is 39.7 Å². The molecule has 0 spiro atoms. The standard InChI is InChI=1S/C14H13BrFN3OS.ClH/c15-10-3-1-7(16)5-9(10)13(20)19-14-18-11-4-2-8(17)6-12(11)21-14;/h1,3,5,8H,2,4,6,17H2,(H,18,19,20);1H/t8-;/m0./s1. The van der Waals surface area contributed by atoms with Crippen molar-refractivity contribution in [3.05, 3.63) is 44.6 Å². The molecule has 0 fully saturated rings. The summed E-state index contributed by atoms with van der Waals surface area (Å²) in [4.78, 5) is 17.8. The van der Waals surface area contributed by atoms with E-state index in [4.69, 9.17) is 5.73 Å². The highest BCUT2D eigenvalue weighted by molar-refractivity contribution is 9.10. The van der Waals surface area contributed by atoms with Crippen molar-refractivity contribution < 1.29 is 9.18 Å². The predicted octanol–water partition coefficient (Wildman–Crippen LogP) is 3.53. The third-order valence-corrected chi connectivity index (χ3v) is 5.10. The Morgan fingerprint density at radius 3 is 3.05 bits per heavy atom. The maximum Gasteiger partial charge on any atom is 0.258 e. The summed E-state index contributed by atoms with van der Waals surface area (Å²) >= 11 is 4.69. The largest absolute Gasteiger partial charge is 0.327 e. The number of nitrogens with one attached hydrogen (secondary N) is 1. The van der Waals surface area contributed by atoms with Gasteiger partial charge in [-0.05, 0) is 53.4 Å². The van der Waals surface area contributed by atoms with Gasteiger partial charge in [0.15, 0.2) is 5.13 Å². The number of hydrogen-bond donors (Lipinski definition) is 2. The molecule has 1 aromatic carbocycles. The van der Waals surface area contributed by atoms with Crippen molar-refractivity contribution in [2.24, 2.45) is 5.73 Å². The lowest BCUT2D eigenvalue weighted by Gasteiger charge is -2.15. The predicted molar refractivity (Wildman–Crippen MR) is 91.4 cm³/mol. The average Bonchev–Trinajstić information content (AvgIpc) is 2.82. The third-order valence-electron chi connectivity index (χ3n) is 3.37. The van der Waals surface area contributed by atoms with Crippen LogP contribution in [-0.2, 0) is 12.8 Å². The highest BCUT2D eigenvalue weighted by Gasteiger charge is 2.21. The highest BCUT2D eigenvalue weighted by atomic mass is 79.9. The van der Waals surface area contributed by atoms with Gasteiger partial charge in [0.1, 0.15) is 5.82 Å². The zero-order chi connectivity index (χ0) is 15.0. The maximum absolute atomic E-state index is 13.2. The Morgan fingerprint density at radius 2 is 2.27 bits per heavy atom. The zero-order valence-corrected chi connectivity index (χ0v) is 14.7. The summed E-state index contributed by atoms with van der Waals surface area (Å²) in [6.07, 6.45) is 2.55. The SMILES string of the molecule is Cl.N[C@H]1CCc2nc(NC(=O)c3cc(F)ccc3Br)sc2C1. The van der Waals surface area contributed by atoms with Crippen molar-refractivity contribution in [3.8, 4) is 0 Å². The van der Waals surface area contributed by atoms with Gasteiger partial charge in [-0.3, -0.25) is 10.1 Å². The van der Waals surface area contributed by atoms with E-state index >= 15 is 0 Å². The smallest absolute Gasteiger partial charge is 0.258 e. The molecule has 1 atom stereocenters. The monoisotopic (exact) mass is 405 g/mol. The van der Waals surface area contributed by atoms with E-state index in [-0.39, 0.29) is 29.9 Å². The Kier molecular flexibility index (Phi) is 5.55. The minimum absolute atomic E-state index is 0. The number of carbonyl (C=O) groups excluding carboxylic acids is 1. The molecule has 1 heterocycles. The fourth-order valence-electron chi connectivity index (χ4n) is 2.29. The van der Waals surface area contributed by atoms with Gasteiger partial charge >= 0.3 is 0 Å². The van der Waals surface area contributed by atoms with Crippen LogP contribution in [0.25, 0.3) is 0 Å². The number of fused-ring (bicyclic) bond motifs is 1. The molecule has 118 valence electrons. The van der Waals surface area contributed by atoms with E-state index in [2.05, 4.69) is 26.2 Å². The molecule has 1 amide bonds. The number of aryl methyl sites for hydroxylation is 1. The molecule has 0 saturated heterocycles. The number of thiazole rings is 1. The van der Waals surface area contributed by atoms with E-state index in [0.29, 0.717) is 9.60 Å². The Hall–Kier alpha value is -1.02. The van der Waals surface area contributed by atoms with Crippen LogP contribution in [0.3, 0.4) is 0 Å². The van der Waals surface area contributed by atoms with Crippen molar-refractivity contribution in [3.63, 3.8) is 0 Å². The highest BCUT2D eigenvalue weighted by Crippen LogP contribution is 2.30. The molecule has 22 heavy (non-hydrogen) atoms. The summed E-state index contributed by atoms with van der Waals surface area (Å²) < 4.78 is 13.8. The lowest BCUT2D eigenvalue weighted by atomic mass is 9.99. The average molecular weight is 407 g/mol. The van der Waals surface area contributed by atoms with Gasteiger partial charge < -0.3 is 5.73 Å². The summed E-state index contributed by atoms with van der Waals surface area (Å²) in [5.41, 5.74) is 7.19. The van der Waals surface area contributed by atoms with Crippen LogP contribution in [0.15, 0.2) is 22.7 Å². The van der Waals surface area contributed by atoms with Gasteiger partial charge in [-0.15, -0.1) is 23.7 Å². The van der Waals surface area contributed by atoms with Crippen molar-refractivity contribution in [1.82, 2.24) is 4.98 Å². The number of benzene rings is 1. The molecule has 0 aliphatic heterocycles. The van der Waals surface area contributed by atoms with E-state index in [1.165, 1.54) is 29.5 Å². The second kappa shape index (κ2) is 7.04. The van der Waals surface area contributed by atoms with Gasteiger partial charge in [0.2, 0.25) is 0 Å². The van der Waals surface area contributed by atoms with Gasteiger partial charge in [0.05, 0.1) is 11.3 Å². The second-order valence-electron chi connectivity index (χ2n) is 4.97. The van der Waals surface area contributed by atoms with Crippen LogP contribution < -0.4 is 11.1 Å². The number of aromatic nitrogens is 1.